The van der Waals surface area contributed by atoms with E-state index in [1.165, 1.54) is 0 Å². The van der Waals surface area contributed by atoms with Crippen molar-refractivity contribution in [2.45, 2.75) is 19.3 Å². The molecular weight excluding hydrogens is 214 g/mol. The second kappa shape index (κ2) is 6.30. The molecule has 0 saturated heterocycles. The van der Waals surface area contributed by atoms with E-state index < -0.39 is 0 Å². The van der Waals surface area contributed by atoms with Gasteiger partial charge in [-0.05, 0) is 12.5 Å². The van der Waals surface area contributed by atoms with E-state index >= 15 is 0 Å². The Morgan fingerprint density at radius 3 is 2.53 bits per heavy atom. The zero-order valence-electron chi connectivity index (χ0n) is 8.90. The molecule has 1 unspecified atom stereocenters. The molecular formula is C11H16ClNO2. The first-order valence-corrected chi connectivity index (χ1v) is 4.63. The molecule has 0 spiro atoms. The standard InChI is InChI=1S/C11H15NO2.ClH/c1-3-8(11(12)13)9-6-4-5-7-10(9)14-2;/h4-8H,3H2,1-2H3,(H2,12,13);1H. The van der Waals surface area contributed by atoms with E-state index in [-0.39, 0.29) is 24.2 Å². The highest BCUT2D eigenvalue weighted by atomic mass is 35.5. The minimum atomic E-state index is -0.308. The van der Waals surface area contributed by atoms with Crippen molar-refractivity contribution in [3.05, 3.63) is 29.8 Å². The van der Waals surface area contributed by atoms with Crippen molar-refractivity contribution in [1.82, 2.24) is 0 Å². The van der Waals surface area contributed by atoms with Crippen LogP contribution in [-0.2, 0) is 4.79 Å². The molecule has 1 rings (SSSR count). The van der Waals surface area contributed by atoms with Crippen molar-refractivity contribution in [3.8, 4) is 5.75 Å². The third-order valence-corrected chi connectivity index (χ3v) is 2.27. The molecule has 0 saturated carbocycles. The van der Waals surface area contributed by atoms with Crippen molar-refractivity contribution >= 4 is 18.3 Å². The molecule has 0 aliphatic heterocycles. The fourth-order valence-corrected chi connectivity index (χ4v) is 1.53. The van der Waals surface area contributed by atoms with Crippen LogP contribution in [0, 0.1) is 0 Å². The summed E-state index contributed by atoms with van der Waals surface area (Å²) in [6.07, 6.45) is 0.690. The summed E-state index contributed by atoms with van der Waals surface area (Å²) < 4.78 is 5.17. The molecule has 3 nitrogen and oxygen atoms in total. The summed E-state index contributed by atoms with van der Waals surface area (Å²) in [5.41, 5.74) is 6.17. The fraction of sp³-hybridized carbons (Fsp3) is 0.364. The zero-order chi connectivity index (χ0) is 10.6. The number of carbonyl (C=O) groups excluding carboxylic acids is 1. The predicted octanol–water partition coefficient (Wildman–Crippen LogP) is 2.10. The Hall–Kier alpha value is -1.22. The van der Waals surface area contributed by atoms with E-state index in [1.807, 2.05) is 31.2 Å². The number of benzene rings is 1. The van der Waals surface area contributed by atoms with Crippen LogP contribution >= 0.6 is 12.4 Å². The molecule has 0 heterocycles. The van der Waals surface area contributed by atoms with Crippen LogP contribution in [0.5, 0.6) is 5.75 Å². The van der Waals surface area contributed by atoms with E-state index in [9.17, 15) is 4.79 Å². The lowest BCUT2D eigenvalue weighted by molar-refractivity contribution is -0.119. The topological polar surface area (TPSA) is 52.3 Å². The molecule has 0 aliphatic rings. The number of primary amides is 1. The summed E-state index contributed by atoms with van der Waals surface area (Å²) in [7, 11) is 1.59. The largest absolute Gasteiger partial charge is 0.496 e. The Labute approximate surface area is 96.0 Å². The zero-order valence-corrected chi connectivity index (χ0v) is 9.71. The highest BCUT2D eigenvalue weighted by Gasteiger charge is 2.18. The Kier molecular flexibility index (Phi) is 5.79. The molecule has 1 amide bonds. The predicted molar refractivity (Wildman–Crippen MR) is 62.5 cm³/mol. The van der Waals surface area contributed by atoms with Crippen LogP contribution in [0.4, 0.5) is 0 Å². The average Bonchev–Trinajstić information content (AvgIpc) is 2.19. The number of amides is 1. The van der Waals surface area contributed by atoms with E-state index in [2.05, 4.69) is 0 Å². The number of para-hydroxylation sites is 1. The van der Waals surface area contributed by atoms with Crippen molar-refractivity contribution in [2.24, 2.45) is 5.73 Å². The molecule has 0 radical (unpaired) electrons. The van der Waals surface area contributed by atoms with Gasteiger partial charge in [0.25, 0.3) is 0 Å². The quantitative estimate of drug-likeness (QED) is 0.860. The van der Waals surface area contributed by atoms with Crippen LogP contribution in [0.15, 0.2) is 24.3 Å². The summed E-state index contributed by atoms with van der Waals surface area (Å²) in [6.45, 7) is 1.93. The number of methoxy groups -OCH3 is 1. The van der Waals surface area contributed by atoms with E-state index in [0.717, 1.165) is 11.3 Å². The summed E-state index contributed by atoms with van der Waals surface area (Å²) >= 11 is 0. The van der Waals surface area contributed by atoms with Gasteiger partial charge in [-0.25, -0.2) is 0 Å². The van der Waals surface area contributed by atoms with Crippen LogP contribution < -0.4 is 10.5 Å². The average molecular weight is 230 g/mol. The highest BCUT2D eigenvalue weighted by Crippen LogP contribution is 2.28. The number of ether oxygens (including phenoxy) is 1. The van der Waals surface area contributed by atoms with Crippen LogP contribution in [0.25, 0.3) is 0 Å². The van der Waals surface area contributed by atoms with E-state index in [4.69, 9.17) is 10.5 Å². The van der Waals surface area contributed by atoms with Gasteiger partial charge >= 0.3 is 0 Å². The van der Waals surface area contributed by atoms with Gasteiger partial charge in [-0.15, -0.1) is 12.4 Å². The first-order chi connectivity index (χ1) is 6.70. The fourth-order valence-electron chi connectivity index (χ4n) is 1.53. The van der Waals surface area contributed by atoms with Crippen molar-refractivity contribution in [1.29, 1.82) is 0 Å². The SMILES string of the molecule is CCC(C(N)=O)c1ccccc1OC.Cl. The Bertz CT molecular complexity index is 328. The molecule has 1 aromatic carbocycles. The number of hydrogen-bond acceptors (Lipinski definition) is 2. The maximum Gasteiger partial charge on any atom is 0.225 e. The molecule has 84 valence electrons. The molecule has 0 aromatic heterocycles. The smallest absolute Gasteiger partial charge is 0.225 e. The lowest BCUT2D eigenvalue weighted by Gasteiger charge is -2.14. The summed E-state index contributed by atoms with van der Waals surface area (Å²) in [6, 6.07) is 7.46. The van der Waals surface area contributed by atoms with E-state index in [1.54, 1.807) is 7.11 Å². The number of halogens is 1. The number of carbonyl (C=O) groups is 1. The molecule has 1 aromatic rings. The summed E-state index contributed by atoms with van der Waals surface area (Å²) in [4.78, 5) is 11.2. The van der Waals surface area contributed by atoms with Crippen molar-refractivity contribution in [3.63, 3.8) is 0 Å². The van der Waals surface area contributed by atoms with Gasteiger partial charge in [0.15, 0.2) is 0 Å². The molecule has 4 heteroatoms. The first-order valence-electron chi connectivity index (χ1n) is 4.63. The maximum absolute atomic E-state index is 11.2. The second-order valence-corrected chi connectivity index (χ2v) is 3.11. The van der Waals surface area contributed by atoms with E-state index in [0.29, 0.717) is 6.42 Å². The highest BCUT2D eigenvalue weighted by molar-refractivity contribution is 5.85. The van der Waals surface area contributed by atoms with Gasteiger partial charge in [-0.1, -0.05) is 25.1 Å². The van der Waals surface area contributed by atoms with Crippen LogP contribution in [0.1, 0.15) is 24.8 Å². The summed E-state index contributed by atoms with van der Waals surface area (Å²) in [5.74, 6) is 0.154. The Morgan fingerprint density at radius 1 is 1.47 bits per heavy atom. The van der Waals surface area contributed by atoms with Crippen molar-refractivity contribution in [2.75, 3.05) is 7.11 Å². The van der Waals surface area contributed by atoms with Gasteiger partial charge < -0.3 is 10.5 Å². The number of hydrogen-bond donors (Lipinski definition) is 1. The normalized spacial score (nSPS) is 11.3. The van der Waals surface area contributed by atoms with Gasteiger partial charge in [0.05, 0.1) is 13.0 Å². The lowest BCUT2D eigenvalue weighted by Crippen LogP contribution is -2.21. The van der Waals surface area contributed by atoms with Crippen LogP contribution in [0.2, 0.25) is 0 Å². The Balaban J connectivity index is 0.00000196. The molecule has 0 fully saturated rings. The number of rotatable bonds is 4. The molecule has 0 bridgehead atoms. The maximum atomic E-state index is 11.2. The number of nitrogens with two attached hydrogens (primary N) is 1. The van der Waals surface area contributed by atoms with Gasteiger partial charge in [-0.3, -0.25) is 4.79 Å². The molecule has 1 atom stereocenters. The van der Waals surface area contributed by atoms with Gasteiger partial charge in [0.2, 0.25) is 5.91 Å². The van der Waals surface area contributed by atoms with Crippen LogP contribution in [0.3, 0.4) is 0 Å². The molecule has 0 aliphatic carbocycles. The van der Waals surface area contributed by atoms with Gasteiger partial charge in [-0.2, -0.15) is 0 Å². The van der Waals surface area contributed by atoms with Gasteiger partial charge in [0, 0.05) is 5.56 Å². The lowest BCUT2D eigenvalue weighted by atomic mass is 9.95. The van der Waals surface area contributed by atoms with Crippen LogP contribution in [-0.4, -0.2) is 13.0 Å². The van der Waals surface area contributed by atoms with Crippen molar-refractivity contribution < 1.29 is 9.53 Å². The minimum Gasteiger partial charge on any atom is -0.496 e. The monoisotopic (exact) mass is 229 g/mol. The second-order valence-electron chi connectivity index (χ2n) is 3.11. The third-order valence-electron chi connectivity index (χ3n) is 2.27. The first kappa shape index (κ1) is 13.8. The summed E-state index contributed by atoms with van der Waals surface area (Å²) in [5, 5.41) is 0. The third kappa shape index (κ3) is 3.13. The molecule has 2 N–H and O–H groups in total. The molecule has 15 heavy (non-hydrogen) atoms. The van der Waals surface area contributed by atoms with Gasteiger partial charge in [0.1, 0.15) is 5.75 Å². The minimum absolute atomic E-state index is 0. The Morgan fingerprint density at radius 2 is 2.07 bits per heavy atom.